The Kier molecular flexibility index (Phi) is 7.19. The summed E-state index contributed by atoms with van der Waals surface area (Å²) in [6.45, 7) is 1.37. The molecule has 19 heavy (non-hydrogen) atoms. The maximum atomic E-state index is 11.4. The number of hydrogen-bond donors (Lipinski definition) is 3. The minimum atomic E-state index is -0.00143. The number of guanidine groups is 1. The molecule has 1 aliphatic rings. The Balaban J connectivity index is 2.09. The van der Waals surface area contributed by atoms with Crippen molar-refractivity contribution in [2.75, 3.05) is 32.9 Å². The van der Waals surface area contributed by atoms with Crippen LogP contribution in [0.1, 0.15) is 19.3 Å². The highest BCUT2D eigenvalue weighted by Gasteiger charge is 2.24. The van der Waals surface area contributed by atoms with E-state index in [0.29, 0.717) is 19.0 Å². The van der Waals surface area contributed by atoms with Crippen LogP contribution in [0.25, 0.3) is 0 Å². The Morgan fingerprint density at radius 2 is 2.37 bits per heavy atom. The molecule has 5 N–H and O–H groups in total. The first-order valence-electron chi connectivity index (χ1n) is 6.63. The number of nitrogens with one attached hydrogen (secondary N) is 1. The van der Waals surface area contributed by atoms with Crippen LogP contribution in [0.4, 0.5) is 0 Å². The molecule has 6 nitrogen and oxygen atoms in total. The normalized spacial score (nSPS) is 21.7. The zero-order valence-electron chi connectivity index (χ0n) is 11.8. The molecule has 1 aliphatic heterocycles. The summed E-state index contributed by atoms with van der Waals surface area (Å²) in [7, 11) is 3.73. The fourth-order valence-electron chi connectivity index (χ4n) is 1.77. The molecule has 0 saturated carbocycles. The van der Waals surface area contributed by atoms with E-state index in [-0.39, 0.29) is 17.2 Å². The molecule has 2 unspecified atom stereocenters. The number of carbonyl (C=O) groups is 1. The van der Waals surface area contributed by atoms with E-state index in [1.54, 1.807) is 4.90 Å². The van der Waals surface area contributed by atoms with Gasteiger partial charge in [-0.1, -0.05) is 11.8 Å². The van der Waals surface area contributed by atoms with Crippen LogP contribution in [0.3, 0.4) is 0 Å². The van der Waals surface area contributed by atoms with Crippen LogP contribution < -0.4 is 16.8 Å². The lowest BCUT2D eigenvalue weighted by atomic mass is 10.1. The van der Waals surface area contributed by atoms with Crippen molar-refractivity contribution >= 4 is 22.8 Å². The van der Waals surface area contributed by atoms with E-state index in [9.17, 15) is 4.79 Å². The summed E-state index contributed by atoms with van der Waals surface area (Å²) in [5.74, 6) is 1.46. The van der Waals surface area contributed by atoms with Gasteiger partial charge >= 0.3 is 0 Å². The molecular weight excluding hydrogens is 262 g/mol. The second kappa shape index (κ2) is 8.39. The van der Waals surface area contributed by atoms with Gasteiger partial charge in [0.2, 0.25) is 5.12 Å². The Morgan fingerprint density at radius 1 is 1.63 bits per heavy atom. The molecule has 1 rings (SSSR count). The minimum absolute atomic E-state index is 0.00143. The second-order valence-corrected chi connectivity index (χ2v) is 6.05. The fourth-order valence-corrected chi connectivity index (χ4v) is 2.72. The number of rotatable bonds is 7. The van der Waals surface area contributed by atoms with Crippen LogP contribution in [0.15, 0.2) is 4.99 Å². The summed E-state index contributed by atoms with van der Waals surface area (Å²) in [6, 6.07) is 0.0626. The van der Waals surface area contributed by atoms with Crippen molar-refractivity contribution in [2.24, 2.45) is 16.5 Å². The smallest absolute Gasteiger partial charge is 0.205 e. The topological polar surface area (TPSA) is 96.7 Å². The number of carbonyl (C=O) groups excluding carboxylic acids is 1. The van der Waals surface area contributed by atoms with Gasteiger partial charge in [0, 0.05) is 39.0 Å². The highest BCUT2D eigenvalue weighted by molar-refractivity contribution is 8.14. The van der Waals surface area contributed by atoms with E-state index in [1.165, 1.54) is 11.8 Å². The molecule has 2 atom stereocenters. The Bertz CT molecular complexity index is 321. The zero-order valence-corrected chi connectivity index (χ0v) is 12.6. The Morgan fingerprint density at radius 3 is 2.95 bits per heavy atom. The molecule has 110 valence electrons. The quantitative estimate of drug-likeness (QED) is 0.335. The molecule has 0 aliphatic carbocycles. The number of aliphatic imine (C=N–C) groups is 1. The zero-order chi connectivity index (χ0) is 14.3. The highest BCUT2D eigenvalue weighted by Crippen LogP contribution is 2.19. The average Bonchev–Trinajstić information content (AvgIpc) is 2.77. The molecule has 0 aromatic rings. The van der Waals surface area contributed by atoms with Gasteiger partial charge < -0.3 is 21.7 Å². The van der Waals surface area contributed by atoms with Gasteiger partial charge in [-0.3, -0.25) is 9.79 Å². The van der Waals surface area contributed by atoms with Crippen LogP contribution in [-0.4, -0.2) is 61.0 Å². The number of nitrogens with two attached hydrogens (primary N) is 2. The van der Waals surface area contributed by atoms with Gasteiger partial charge in [-0.2, -0.15) is 0 Å². The van der Waals surface area contributed by atoms with E-state index >= 15 is 0 Å². The lowest BCUT2D eigenvalue weighted by Gasteiger charge is -2.15. The molecule has 0 spiro atoms. The van der Waals surface area contributed by atoms with Gasteiger partial charge in [-0.15, -0.1) is 0 Å². The summed E-state index contributed by atoms with van der Waals surface area (Å²) in [6.07, 6.45) is 2.70. The molecular formula is C12H25N5OS. The van der Waals surface area contributed by atoms with Gasteiger partial charge in [0.25, 0.3) is 0 Å². The third-order valence-electron chi connectivity index (χ3n) is 3.03. The summed E-state index contributed by atoms with van der Waals surface area (Å²) >= 11 is 1.41. The van der Waals surface area contributed by atoms with E-state index in [2.05, 4.69) is 10.3 Å². The molecule has 7 heteroatoms. The monoisotopic (exact) mass is 287 g/mol. The number of hydrogen-bond acceptors (Lipinski definition) is 5. The maximum absolute atomic E-state index is 11.4. The third kappa shape index (κ3) is 6.26. The van der Waals surface area contributed by atoms with Crippen LogP contribution in [0.5, 0.6) is 0 Å². The first kappa shape index (κ1) is 16.3. The molecule has 0 radical (unpaired) electrons. The minimum Gasteiger partial charge on any atom is -0.370 e. The third-order valence-corrected chi connectivity index (χ3v) is 4.04. The van der Waals surface area contributed by atoms with Crippen LogP contribution in [0, 0.1) is 0 Å². The Hall–Kier alpha value is -0.790. The molecule has 0 amide bonds. The van der Waals surface area contributed by atoms with Crippen molar-refractivity contribution in [1.82, 2.24) is 10.2 Å². The molecule has 1 saturated heterocycles. The maximum Gasteiger partial charge on any atom is 0.205 e. The standard InChI is InChI=1S/C12H25N5OS/c1-17(2)12(14)15-6-3-4-9(13)8-16-10-5-7-19-11(10)18/h9-10,16H,3-8,13H2,1-2H3,(H2,14,15). The van der Waals surface area contributed by atoms with Crippen molar-refractivity contribution in [3.63, 3.8) is 0 Å². The number of nitrogens with zero attached hydrogens (tertiary/aromatic N) is 2. The van der Waals surface area contributed by atoms with Crippen LogP contribution in [-0.2, 0) is 4.79 Å². The van der Waals surface area contributed by atoms with Gasteiger partial charge in [-0.25, -0.2) is 0 Å². The predicted molar refractivity (Wildman–Crippen MR) is 81.3 cm³/mol. The molecule has 0 bridgehead atoms. The molecule has 1 fully saturated rings. The van der Waals surface area contributed by atoms with Crippen molar-refractivity contribution in [3.8, 4) is 0 Å². The SMILES string of the molecule is CN(C)C(N)=NCCCC(N)CNC1CCSC1=O. The first-order valence-corrected chi connectivity index (χ1v) is 7.62. The summed E-state index contributed by atoms with van der Waals surface area (Å²) < 4.78 is 0. The van der Waals surface area contributed by atoms with E-state index in [0.717, 1.165) is 25.0 Å². The second-order valence-electron chi connectivity index (χ2n) is 4.95. The van der Waals surface area contributed by atoms with Gasteiger partial charge in [0.15, 0.2) is 5.96 Å². The average molecular weight is 287 g/mol. The van der Waals surface area contributed by atoms with Gasteiger partial charge in [0.1, 0.15) is 0 Å². The summed E-state index contributed by atoms with van der Waals surface area (Å²) in [4.78, 5) is 17.4. The largest absolute Gasteiger partial charge is 0.370 e. The van der Waals surface area contributed by atoms with Crippen molar-refractivity contribution in [1.29, 1.82) is 0 Å². The predicted octanol–water partition coefficient (Wildman–Crippen LogP) is -0.408. The van der Waals surface area contributed by atoms with E-state index < -0.39 is 0 Å². The number of thioether (sulfide) groups is 1. The molecule has 0 aromatic carbocycles. The Labute approximate surface area is 119 Å². The molecule has 0 aromatic heterocycles. The van der Waals surface area contributed by atoms with Crippen molar-refractivity contribution < 1.29 is 4.79 Å². The van der Waals surface area contributed by atoms with Crippen LogP contribution >= 0.6 is 11.8 Å². The lowest BCUT2D eigenvalue weighted by molar-refractivity contribution is -0.112. The van der Waals surface area contributed by atoms with Crippen molar-refractivity contribution in [3.05, 3.63) is 0 Å². The van der Waals surface area contributed by atoms with Crippen molar-refractivity contribution in [2.45, 2.75) is 31.3 Å². The van der Waals surface area contributed by atoms with E-state index in [1.807, 2.05) is 14.1 Å². The fraction of sp³-hybridized carbons (Fsp3) is 0.833. The highest BCUT2D eigenvalue weighted by atomic mass is 32.2. The summed E-state index contributed by atoms with van der Waals surface area (Å²) in [5.41, 5.74) is 11.7. The van der Waals surface area contributed by atoms with Crippen LogP contribution in [0.2, 0.25) is 0 Å². The first-order chi connectivity index (χ1) is 9.00. The van der Waals surface area contributed by atoms with Gasteiger partial charge in [-0.05, 0) is 19.3 Å². The van der Waals surface area contributed by atoms with Gasteiger partial charge in [0.05, 0.1) is 6.04 Å². The summed E-state index contributed by atoms with van der Waals surface area (Å²) in [5, 5.41) is 3.48. The molecule has 1 heterocycles. The lowest BCUT2D eigenvalue weighted by Crippen LogP contribution is -2.41. The van der Waals surface area contributed by atoms with E-state index in [4.69, 9.17) is 11.5 Å².